The van der Waals surface area contributed by atoms with Crippen molar-refractivity contribution in [3.05, 3.63) is 48.0 Å². The molecule has 20 heavy (non-hydrogen) atoms. The lowest BCUT2D eigenvalue weighted by molar-refractivity contribution is 0.301. The Bertz CT molecular complexity index is 518. The molecule has 0 atom stereocenters. The van der Waals surface area contributed by atoms with Crippen LogP contribution in [0.1, 0.15) is 43.7 Å². The smallest absolute Gasteiger partial charge is 0.122 e. The molecule has 0 radical (unpaired) electrons. The molecule has 0 aliphatic heterocycles. The second-order valence-corrected chi connectivity index (χ2v) is 5.54. The summed E-state index contributed by atoms with van der Waals surface area (Å²) in [4.78, 5) is 4.04. The molecule has 0 aliphatic rings. The Balaban J connectivity index is 1.77. The third-order valence-corrected chi connectivity index (χ3v) is 3.51. The summed E-state index contributed by atoms with van der Waals surface area (Å²) >= 11 is 0. The predicted octanol–water partition coefficient (Wildman–Crippen LogP) is 4.17. The Morgan fingerprint density at radius 2 is 2.10 bits per heavy atom. The predicted molar refractivity (Wildman–Crippen MR) is 82.2 cm³/mol. The van der Waals surface area contributed by atoms with Crippen molar-refractivity contribution in [2.45, 2.75) is 46.1 Å². The van der Waals surface area contributed by atoms with Crippen LogP contribution in [0, 0.1) is 6.92 Å². The average Bonchev–Trinajstić information content (AvgIpc) is 2.93. The SMILES string of the molecule is Cc1ccc(C(C)C)cc1OCCCCn1ccnc1. The van der Waals surface area contributed by atoms with E-state index in [1.54, 1.807) is 0 Å². The zero-order valence-corrected chi connectivity index (χ0v) is 12.7. The van der Waals surface area contributed by atoms with Crippen LogP contribution in [0.4, 0.5) is 0 Å². The van der Waals surface area contributed by atoms with Crippen molar-refractivity contribution >= 4 is 0 Å². The average molecular weight is 272 g/mol. The van der Waals surface area contributed by atoms with E-state index in [1.165, 1.54) is 11.1 Å². The molecule has 0 saturated carbocycles. The van der Waals surface area contributed by atoms with Crippen LogP contribution in [0.15, 0.2) is 36.9 Å². The Labute approximate surface area is 121 Å². The van der Waals surface area contributed by atoms with Crippen LogP contribution in [0.5, 0.6) is 5.75 Å². The summed E-state index contributed by atoms with van der Waals surface area (Å²) in [5, 5.41) is 0. The normalized spacial score (nSPS) is 11.0. The second kappa shape index (κ2) is 7.13. The number of benzene rings is 1. The first kappa shape index (κ1) is 14.6. The lowest BCUT2D eigenvalue weighted by Crippen LogP contribution is -2.02. The summed E-state index contributed by atoms with van der Waals surface area (Å²) in [7, 11) is 0. The van der Waals surface area contributed by atoms with Crippen molar-refractivity contribution in [1.29, 1.82) is 0 Å². The minimum absolute atomic E-state index is 0.541. The summed E-state index contributed by atoms with van der Waals surface area (Å²) in [5.74, 6) is 1.57. The molecule has 1 heterocycles. The van der Waals surface area contributed by atoms with Crippen LogP contribution in [0.3, 0.4) is 0 Å². The van der Waals surface area contributed by atoms with Crippen molar-refractivity contribution < 1.29 is 4.74 Å². The third-order valence-electron chi connectivity index (χ3n) is 3.51. The summed E-state index contributed by atoms with van der Waals surface area (Å²) < 4.78 is 8.02. The number of rotatable bonds is 7. The number of nitrogens with zero attached hydrogens (tertiary/aromatic N) is 2. The molecule has 0 N–H and O–H groups in total. The van der Waals surface area contributed by atoms with E-state index < -0.39 is 0 Å². The fourth-order valence-electron chi connectivity index (χ4n) is 2.13. The summed E-state index contributed by atoms with van der Waals surface area (Å²) in [6.45, 7) is 8.30. The monoisotopic (exact) mass is 272 g/mol. The summed E-state index contributed by atoms with van der Waals surface area (Å²) in [6.07, 6.45) is 7.84. The maximum absolute atomic E-state index is 5.92. The van der Waals surface area contributed by atoms with Crippen molar-refractivity contribution in [2.24, 2.45) is 0 Å². The number of aromatic nitrogens is 2. The van der Waals surface area contributed by atoms with Gasteiger partial charge in [-0.2, -0.15) is 0 Å². The molecule has 0 unspecified atom stereocenters. The van der Waals surface area contributed by atoms with Gasteiger partial charge in [0.2, 0.25) is 0 Å². The number of ether oxygens (including phenoxy) is 1. The summed E-state index contributed by atoms with van der Waals surface area (Å²) in [6, 6.07) is 6.51. The largest absolute Gasteiger partial charge is 0.493 e. The van der Waals surface area contributed by atoms with Gasteiger partial charge in [-0.05, 0) is 42.9 Å². The van der Waals surface area contributed by atoms with Gasteiger partial charge in [0, 0.05) is 18.9 Å². The molecule has 0 bridgehead atoms. The first-order chi connectivity index (χ1) is 9.66. The molecule has 2 aromatic rings. The highest BCUT2D eigenvalue weighted by atomic mass is 16.5. The maximum Gasteiger partial charge on any atom is 0.122 e. The highest BCUT2D eigenvalue weighted by Gasteiger charge is 2.04. The van der Waals surface area contributed by atoms with Crippen molar-refractivity contribution in [3.8, 4) is 5.75 Å². The Hall–Kier alpha value is -1.77. The number of hydrogen-bond acceptors (Lipinski definition) is 2. The molecule has 3 heteroatoms. The topological polar surface area (TPSA) is 27.1 Å². The van der Waals surface area contributed by atoms with Gasteiger partial charge in [0.05, 0.1) is 12.9 Å². The Morgan fingerprint density at radius 3 is 2.80 bits per heavy atom. The van der Waals surface area contributed by atoms with Crippen LogP contribution in [0.25, 0.3) is 0 Å². The van der Waals surface area contributed by atoms with E-state index in [9.17, 15) is 0 Å². The lowest BCUT2D eigenvalue weighted by atomic mass is 10.0. The molecule has 3 nitrogen and oxygen atoms in total. The zero-order valence-electron chi connectivity index (χ0n) is 12.7. The Kier molecular flexibility index (Phi) is 5.22. The first-order valence-corrected chi connectivity index (χ1v) is 7.36. The van der Waals surface area contributed by atoms with Gasteiger partial charge in [0.1, 0.15) is 5.75 Å². The van der Waals surface area contributed by atoms with E-state index in [1.807, 2.05) is 18.7 Å². The molecular weight excluding hydrogens is 248 g/mol. The fraction of sp³-hybridized carbons (Fsp3) is 0.471. The molecule has 1 aromatic carbocycles. The van der Waals surface area contributed by atoms with Gasteiger partial charge in [-0.15, -0.1) is 0 Å². The third kappa shape index (κ3) is 4.12. The molecule has 0 aliphatic carbocycles. The van der Waals surface area contributed by atoms with E-state index in [4.69, 9.17) is 4.74 Å². The number of hydrogen-bond donors (Lipinski definition) is 0. The number of imidazole rings is 1. The quantitative estimate of drug-likeness (QED) is 0.707. The highest BCUT2D eigenvalue weighted by Crippen LogP contribution is 2.24. The molecule has 2 rings (SSSR count). The van der Waals surface area contributed by atoms with Crippen LogP contribution in [0.2, 0.25) is 0 Å². The van der Waals surface area contributed by atoms with Gasteiger partial charge in [0.25, 0.3) is 0 Å². The minimum atomic E-state index is 0.541. The Morgan fingerprint density at radius 1 is 1.25 bits per heavy atom. The molecule has 0 spiro atoms. The van der Waals surface area contributed by atoms with Gasteiger partial charge in [-0.1, -0.05) is 26.0 Å². The molecule has 108 valence electrons. The van der Waals surface area contributed by atoms with Gasteiger partial charge >= 0.3 is 0 Å². The number of aryl methyl sites for hydroxylation is 2. The van der Waals surface area contributed by atoms with Crippen molar-refractivity contribution in [3.63, 3.8) is 0 Å². The van der Waals surface area contributed by atoms with Crippen LogP contribution in [-0.2, 0) is 6.54 Å². The van der Waals surface area contributed by atoms with E-state index in [0.29, 0.717) is 5.92 Å². The van der Waals surface area contributed by atoms with Gasteiger partial charge in [0.15, 0.2) is 0 Å². The minimum Gasteiger partial charge on any atom is -0.493 e. The maximum atomic E-state index is 5.92. The fourth-order valence-corrected chi connectivity index (χ4v) is 2.13. The molecule has 1 aromatic heterocycles. The van der Waals surface area contributed by atoms with E-state index in [0.717, 1.165) is 31.7 Å². The molecule has 0 saturated heterocycles. The zero-order chi connectivity index (χ0) is 14.4. The van der Waals surface area contributed by atoms with E-state index >= 15 is 0 Å². The van der Waals surface area contributed by atoms with Crippen molar-refractivity contribution in [2.75, 3.05) is 6.61 Å². The van der Waals surface area contributed by atoms with Gasteiger partial charge in [-0.3, -0.25) is 0 Å². The van der Waals surface area contributed by atoms with Crippen molar-refractivity contribution in [1.82, 2.24) is 9.55 Å². The molecular formula is C17H24N2O. The molecule has 0 fully saturated rings. The number of unbranched alkanes of at least 4 members (excludes halogenated alkanes) is 1. The lowest BCUT2D eigenvalue weighted by Gasteiger charge is -2.12. The van der Waals surface area contributed by atoms with E-state index in [-0.39, 0.29) is 0 Å². The second-order valence-electron chi connectivity index (χ2n) is 5.54. The standard InChI is InChI=1S/C17H24N2O/c1-14(2)16-7-6-15(3)17(12-16)20-11-5-4-9-19-10-8-18-13-19/h6-8,10,12-14H,4-5,9,11H2,1-3H3. The van der Waals surface area contributed by atoms with Crippen LogP contribution < -0.4 is 4.74 Å². The van der Waals surface area contributed by atoms with Gasteiger partial charge in [-0.25, -0.2) is 4.98 Å². The van der Waals surface area contributed by atoms with Gasteiger partial charge < -0.3 is 9.30 Å². The van der Waals surface area contributed by atoms with E-state index in [2.05, 4.69) is 48.5 Å². The summed E-state index contributed by atoms with van der Waals surface area (Å²) in [5.41, 5.74) is 2.55. The highest BCUT2D eigenvalue weighted by molar-refractivity contribution is 5.37. The molecule has 0 amide bonds. The van der Waals surface area contributed by atoms with Crippen LogP contribution in [-0.4, -0.2) is 16.2 Å². The van der Waals surface area contributed by atoms with Crippen LogP contribution >= 0.6 is 0 Å². The first-order valence-electron chi connectivity index (χ1n) is 7.36.